The molecule has 1 aromatic heterocycles. The summed E-state index contributed by atoms with van der Waals surface area (Å²) < 4.78 is 7.32. The molecule has 150 valence electrons. The van der Waals surface area contributed by atoms with Gasteiger partial charge in [-0.25, -0.2) is 9.67 Å². The first-order valence-corrected chi connectivity index (χ1v) is 9.74. The maximum absolute atomic E-state index is 12.3. The smallest absolute Gasteiger partial charge is 0.262 e. The fourth-order valence-electron chi connectivity index (χ4n) is 3.02. The number of anilines is 1. The molecule has 4 aromatic rings. The highest BCUT2D eigenvalue weighted by Gasteiger charge is 2.09. The second-order valence-electron chi connectivity index (χ2n) is 6.64. The fraction of sp³-hybridized carbons (Fsp3) is 0.0870. The third-order valence-corrected chi connectivity index (χ3v) is 4.72. The molecule has 0 aliphatic rings. The van der Waals surface area contributed by atoms with E-state index in [4.69, 9.17) is 16.3 Å². The first-order chi connectivity index (χ1) is 14.7. The van der Waals surface area contributed by atoms with E-state index in [0.717, 1.165) is 16.7 Å². The molecule has 0 saturated heterocycles. The zero-order valence-corrected chi connectivity index (χ0v) is 16.8. The van der Waals surface area contributed by atoms with Gasteiger partial charge in [0.2, 0.25) is 0 Å². The van der Waals surface area contributed by atoms with Crippen molar-refractivity contribution in [1.82, 2.24) is 14.8 Å². The molecular formula is C23H19ClN4O2. The number of nitrogens with zero attached hydrogens (tertiary/aromatic N) is 3. The third-order valence-electron chi connectivity index (χ3n) is 4.42. The number of carbonyl (C=O) groups is 1. The van der Waals surface area contributed by atoms with E-state index in [0.29, 0.717) is 23.0 Å². The van der Waals surface area contributed by atoms with Crippen LogP contribution in [0.15, 0.2) is 85.5 Å². The number of amides is 1. The quantitative estimate of drug-likeness (QED) is 0.473. The maximum Gasteiger partial charge on any atom is 0.262 e. The van der Waals surface area contributed by atoms with Crippen molar-refractivity contribution < 1.29 is 9.53 Å². The molecule has 4 rings (SSSR count). The Morgan fingerprint density at radius 1 is 1.00 bits per heavy atom. The molecule has 0 fully saturated rings. The van der Waals surface area contributed by atoms with Crippen molar-refractivity contribution in [3.05, 3.63) is 96.0 Å². The van der Waals surface area contributed by atoms with Crippen LogP contribution in [-0.4, -0.2) is 27.3 Å². The van der Waals surface area contributed by atoms with Gasteiger partial charge in [0.05, 0.1) is 11.6 Å². The average Bonchev–Trinajstić information content (AvgIpc) is 3.27. The minimum atomic E-state index is -0.267. The zero-order valence-electron chi connectivity index (χ0n) is 16.0. The van der Waals surface area contributed by atoms with E-state index in [1.807, 2.05) is 66.7 Å². The van der Waals surface area contributed by atoms with Gasteiger partial charge in [-0.3, -0.25) is 4.79 Å². The second-order valence-corrected chi connectivity index (χ2v) is 7.05. The first-order valence-electron chi connectivity index (χ1n) is 9.36. The molecule has 0 bridgehead atoms. The lowest BCUT2D eigenvalue weighted by atomic mass is 10.1. The molecular weight excluding hydrogens is 400 g/mol. The number of carbonyl (C=O) groups excluding carboxylic acids is 1. The van der Waals surface area contributed by atoms with Crippen molar-refractivity contribution in [2.75, 3.05) is 11.9 Å². The molecule has 1 N–H and O–H groups in total. The molecule has 6 nitrogen and oxygen atoms in total. The Labute approximate surface area is 179 Å². The molecule has 0 saturated carbocycles. The summed E-state index contributed by atoms with van der Waals surface area (Å²) in [6.07, 6.45) is 3.13. The van der Waals surface area contributed by atoms with E-state index in [-0.39, 0.29) is 12.5 Å². The first kappa shape index (κ1) is 19.7. The molecule has 0 atom stereocenters. The topological polar surface area (TPSA) is 69.0 Å². The number of halogens is 1. The van der Waals surface area contributed by atoms with Crippen molar-refractivity contribution in [1.29, 1.82) is 0 Å². The number of hydrogen-bond donors (Lipinski definition) is 1. The lowest BCUT2D eigenvalue weighted by Gasteiger charge is -2.11. The van der Waals surface area contributed by atoms with E-state index in [2.05, 4.69) is 15.4 Å². The molecule has 30 heavy (non-hydrogen) atoms. The number of benzene rings is 3. The summed E-state index contributed by atoms with van der Waals surface area (Å²) in [7, 11) is 0. The molecule has 0 aliphatic heterocycles. The summed E-state index contributed by atoms with van der Waals surface area (Å²) in [6, 6.07) is 23.0. The predicted molar refractivity (Wildman–Crippen MR) is 117 cm³/mol. The van der Waals surface area contributed by atoms with Gasteiger partial charge in [-0.2, -0.15) is 5.10 Å². The summed E-state index contributed by atoms with van der Waals surface area (Å²) in [5.74, 6) is 0.197. The summed E-state index contributed by atoms with van der Waals surface area (Å²) >= 11 is 6.34. The standard InChI is InChI=1S/C23H19ClN4O2/c24-21-12-19(18-6-2-1-3-7-18)9-10-22(21)30-14-23(29)27-20-8-4-5-17(11-20)13-28-16-25-15-26-28/h1-12,15-16H,13-14H2,(H,27,29). The molecule has 0 radical (unpaired) electrons. The molecule has 0 aliphatic carbocycles. The summed E-state index contributed by atoms with van der Waals surface area (Å²) in [4.78, 5) is 16.2. The van der Waals surface area contributed by atoms with Crippen LogP contribution in [0.1, 0.15) is 5.56 Å². The van der Waals surface area contributed by atoms with Gasteiger partial charge in [0.15, 0.2) is 6.61 Å². The van der Waals surface area contributed by atoms with Crippen LogP contribution in [0.3, 0.4) is 0 Å². The van der Waals surface area contributed by atoms with Crippen molar-refractivity contribution in [3.8, 4) is 16.9 Å². The van der Waals surface area contributed by atoms with Crippen LogP contribution in [0, 0.1) is 0 Å². The summed E-state index contributed by atoms with van der Waals surface area (Å²) in [5.41, 5.74) is 3.74. The SMILES string of the molecule is O=C(COc1ccc(-c2ccccc2)cc1Cl)Nc1cccc(Cn2cncn2)c1. The number of ether oxygens (including phenoxy) is 1. The Hall–Kier alpha value is -3.64. The number of nitrogens with one attached hydrogen (secondary N) is 1. The maximum atomic E-state index is 12.3. The minimum Gasteiger partial charge on any atom is -0.482 e. The molecule has 1 amide bonds. The highest BCUT2D eigenvalue weighted by Crippen LogP contribution is 2.30. The zero-order chi connectivity index (χ0) is 20.8. The predicted octanol–water partition coefficient (Wildman–Crippen LogP) is 4.66. The monoisotopic (exact) mass is 418 g/mol. The van der Waals surface area contributed by atoms with Crippen LogP contribution in [0.4, 0.5) is 5.69 Å². The van der Waals surface area contributed by atoms with Crippen LogP contribution in [0.5, 0.6) is 5.75 Å². The van der Waals surface area contributed by atoms with E-state index in [9.17, 15) is 4.79 Å². The number of rotatable bonds is 7. The van der Waals surface area contributed by atoms with Gasteiger partial charge in [-0.15, -0.1) is 0 Å². The Kier molecular flexibility index (Phi) is 6.06. The van der Waals surface area contributed by atoms with Crippen molar-refractivity contribution >= 4 is 23.2 Å². The Morgan fingerprint density at radius 2 is 1.87 bits per heavy atom. The largest absolute Gasteiger partial charge is 0.482 e. The van der Waals surface area contributed by atoms with Crippen LogP contribution in [-0.2, 0) is 11.3 Å². The summed E-state index contributed by atoms with van der Waals surface area (Å²) in [6.45, 7) is 0.432. The van der Waals surface area contributed by atoms with Crippen molar-refractivity contribution in [3.63, 3.8) is 0 Å². The normalized spacial score (nSPS) is 10.6. The third kappa shape index (κ3) is 5.04. The highest BCUT2D eigenvalue weighted by atomic mass is 35.5. The molecule has 1 heterocycles. The molecule has 7 heteroatoms. The Bertz CT molecular complexity index is 1130. The number of aromatic nitrogens is 3. The van der Waals surface area contributed by atoms with E-state index < -0.39 is 0 Å². The lowest BCUT2D eigenvalue weighted by molar-refractivity contribution is -0.118. The molecule has 0 spiro atoms. The Morgan fingerprint density at radius 3 is 2.63 bits per heavy atom. The minimum absolute atomic E-state index is 0.141. The highest BCUT2D eigenvalue weighted by molar-refractivity contribution is 6.32. The van der Waals surface area contributed by atoms with Crippen molar-refractivity contribution in [2.24, 2.45) is 0 Å². The lowest BCUT2D eigenvalue weighted by Crippen LogP contribution is -2.20. The van der Waals surface area contributed by atoms with E-state index in [1.54, 1.807) is 17.1 Å². The van der Waals surface area contributed by atoms with Gasteiger partial charge in [-0.1, -0.05) is 60.1 Å². The van der Waals surface area contributed by atoms with Crippen molar-refractivity contribution in [2.45, 2.75) is 6.54 Å². The summed E-state index contributed by atoms with van der Waals surface area (Å²) in [5, 5.41) is 7.38. The van der Waals surface area contributed by atoms with Gasteiger partial charge in [0, 0.05) is 5.69 Å². The Balaban J connectivity index is 1.35. The molecule has 0 unspecified atom stereocenters. The van der Waals surface area contributed by atoms with Crippen LogP contribution >= 0.6 is 11.6 Å². The van der Waals surface area contributed by atoms with Gasteiger partial charge < -0.3 is 10.1 Å². The van der Waals surface area contributed by atoms with Gasteiger partial charge in [0.1, 0.15) is 18.4 Å². The van der Waals surface area contributed by atoms with E-state index >= 15 is 0 Å². The number of hydrogen-bond acceptors (Lipinski definition) is 4. The second kappa shape index (κ2) is 9.24. The average molecular weight is 419 g/mol. The van der Waals surface area contributed by atoms with Gasteiger partial charge >= 0.3 is 0 Å². The van der Waals surface area contributed by atoms with Crippen LogP contribution in [0.2, 0.25) is 5.02 Å². The van der Waals surface area contributed by atoms with E-state index in [1.165, 1.54) is 6.33 Å². The fourth-order valence-corrected chi connectivity index (χ4v) is 3.25. The molecule has 3 aromatic carbocycles. The van der Waals surface area contributed by atoms with Gasteiger partial charge in [-0.05, 0) is 41.0 Å². The van der Waals surface area contributed by atoms with Crippen LogP contribution < -0.4 is 10.1 Å². The van der Waals surface area contributed by atoms with Gasteiger partial charge in [0.25, 0.3) is 5.91 Å². The van der Waals surface area contributed by atoms with Crippen LogP contribution in [0.25, 0.3) is 11.1 Å².